The summed E-state index contributed by atoms with van der Waals surface area (Å²) in [6, 6.07) is 1.33. The zero-order chi connectivity index (χ0) is 13.4. The van der Waals surface area contributed by atoms with Crippen molar-refractivity contribution in [3.8, 4) is 0 Å². The molecule has 18 heavy (non-hydrogen) atoms. The van der Waals surface area contributed by atoms with E-state index in [9.17, 15) is 0 Å². The second-order valence-corrected chi connectivity index (χ2v) is 6.03. The summed E-state index contributed by atoms with van der Waals surface area (Å²) in [6.45, 7) is 14.3. The van der Waals surface area contributed by atoms with Gasteiger partial charge in [-0.3, -0.25) is 4.90 Å². The number of piperazine rings is 1. The van der Waals surface area contributed by atoms with Crippen LogP contribution in [0.2, 0.25) is 0 Å². The fourth-order valence-corrected chi connectivity index (χ4v) is 2.45. The Hall–Kier alpha value is -0.120. The number of ether oxygens (including phenoxy) is 1. The summed E-state index contributed by atoms with van der Waals surface area (Å²) in [5, 5.41) is 3.63. The van der Waals surface area contributed by atoms with Crippen molar-refractivity contribution in [1.29, 1.82) is 0 Å². The Kier molecular flexibility index (Phi) is 7.87. The fraction of sp³-hybridized carbons (Fsp3) is 1.00. The molecule has 0 aromatic heterocycles. The Morgan fingerprint density at radius 3 is 2.78 bits per heavy atom. The molecule has 1 rings (SSSR count). The van der Waals surface area contributed by atoms with E-state index in [1.807, 2.05) is 0 Å². The van der Waals surface area contributed by atoms with E-state index in [1.54, 1.807) is 0 Å². The highest BCUT2D eigenvalue weighted by Gasteiger charge is 2.23. The minimum absolute atomic E-state index is 0.645. The predicted octanol–water partition coefficient (Wildman–Crippen LogP) is 2.51. The van der Waals surface area contributed by atoms with Crippen molar-refractivity contribution in [2.24, 2.45) is 5.92 Å². The highest BCUT2D eigenvalue weighted by atomic mass is 16.5. The first-order valence-electron chi connectivity index (χ1n) is 7.68. The molecule has 3 nitrogen and oxygen atoms in total. The third-order valence-electron chi connectivity index (χ3n) is 3.78. The van der Waals surface area contributed by atoms with Gasteiger partial charge in [-0.1, -0.05) is 27.2 Å². The van der Waals surface area contributed by atoms with Crippen LogP contribution in [0.1, 0.15) is 47.0 Å². The predicted molar refractivity (Wildman–Crippen MR) is 78.0 cm³/mol. The van der Waals surface area contributed by atoms with Crippen LogP contribution in [0.4, 0.5) is 0 Å². The summed E-state index contributed by atoms with van der Waals surface area (Å²) in [5.41, 5.74) is 0. The number of nitrogens with one attached hydrogen (secondary N) is 1. The molecule has 1 fully saturated rings. The second-order valence-electron chi connectivity index (χ2n) is 6.03. The van der Waals surface area contributed by atoms with Crippen LogP contribution >= 0.6 is 0 Å². The lowest BCUT2D eigenvalue weighted by Crippen LogP contribution is -2.55. The first kappa shape index (κ1) is 15.9. The van der Waals surface area contributed by atoms with Crippen LogP contribution in [0.25, 0.3) is 0 Å². The fourth-order valence-electron chi connectivity index (χ4n) is 2.45. The van der Waals surface area contributed by atoms with Crippen molar-refractivity contribution in [2.75, 3.05) is 32.8 Å². The average molecular weight is 256 g/mol. The van der Waals surface area contributed by atoms with Crippen LogP contribution in [0.5, 0.6) is 0 Å². The van der Waals surface area contributed by atoms with Gasteiger partial charge in [-0.25, -0.2) is 0 Å². The molecule has 0 spiro atoms. The molecule has 1 aliphatic heterocycles. The molecule has 0 aliphatic carbocycles. The van der Waals surface area contributed by atoms with Gasteiger partial charge in [-0.2, -0.15) is 0 Å². The third kappa shape index (κ3) is 6.17. The van der Waals surface area contributed by atoms with Crippen molar-refractivity contribution in [3.05, 3.63) is 0 Å². The number of rotatable bonds is 8. The summed E-state index contributed by atoms with van der Waals surface area (Å²) in [5.74, 6) is 0.747. The minimum atomic E-state index is 0.645. The topological polar surface area (TPSA) is 24.5 Å². The van der Waals surface area contributed by atoms with Crippen molar-refractivity contribution < 1.29 is 4.74 Å². The summed E-state index contributed by atoms with van der Waals surface area (Å²) in [7, 11) is 0. The SMILES string of the molecule is CCCC1CN(CCOCCC(C)C)C(C)CN1. The van der Waals surface area contributed by atoms with Crippen LogP contribution in [0.15, 0.2) is 0 Å². The highest BCUT2D eigenvalue weighted by molar-refractivity contribution is 4.83. The molecule has 0 aromatic carbocycles. The van der Waals surface area contributed by atoms with Crippen LogP contribution in [-0.4, -0.2) is 49.8 Å². The van der Waals surface area contributed by atoms with Crippen LogP contribution < -0.4 is 5.32 Å². The van der Waals surface area contributed by atoms with Gasteiger partial charge >= 0.3 is 0 Å². The first-order valence-corrected chi connectivity index (χ1v) is 7.68. The second kappa shape index (κ2) is 8.89. The Morgan fingerprint density at radius 2 is 2.11 bits per heavy atom. The van der Waals surface area contributed by atoms with Gasteiger partial charge in [0.15, 0.2) is 0 Å². The van der Waals surface area contributed by atoms with E-state index < -0.39 is 0 Å². The standard InChI is InChI=1S/C15H32N2O/c1-5-6-15-12-17(14(4)11-16-15)8-10-18-9-7-13(2)3/h13-16H,5-12H2,1-4H3. The van der Waals surface area contributed by atoms with Crippen molar-refractivity contribution in [1.82, 2.24) is 10.2 Å². The number of nitrogens with zero attached hydrogens (tertiary/aromatic N) is 1. The van der Waals surface area contributed by atoms with Crippen LogP contribution in [0.3, 0.4) is 0 Å². The van der Waals surface area contributed by atoms with E-state index in [-0.39, 0.29) is 0 Å². The van der Waals surface area contributed by atoms with Gasteiger partial charge < -0.3 is 10.1 Å². The van der Waals surface area contributed by atoms with Crippen molar-refractivity contribution >= 4 is 0 Å². The molecule has 0 radical (unpaired) electrons. The summed E-state index contributed by atoms with van der Waals surface area (Å²) in [4.78, 5) is 2.58. The summed E-state index contributed by atoms with van der Waals surface area (Å²) < 4.78 is 5.73. The summed E-state index contributed by atoms with van der Waals surface area (Å²) >= 11 is 0. The molecule has 0 aromatic rings. The molecule has 108 valence electrons. The van der Waals surface area contributed by atoms with Gasteiger partial charge in [0.1, 0.15) is 0 Å². The quantitative estimate of drug-likeness (QED) is 0.675. The van der Waals surface area contributed by atoms with E-state index >= 15 is 0 Å². The molecule has 1 N–H and O–H groups in total. The van der Waals surface area contributed by atoms with Gasteiger partial charge in [0.25, 0.3) is 0 Å². The Morgan fingerprint density at radius 1 is 1.33 bits per heavy atom. The van der Waals surface area contributed by atoms with Crippen molar-refractivity contribution in [3.63, 3.8) is 0 Å². The van der Waals surface area contributed by atoms with Gasteiger partial charge in [0.2, 0.25) is 0 Å². The van der Waals surface area contributed by atoms with Gasteiger partial charge in [0.05, 0.1) is 6.61 Å². The Balaban J connectivity index is 2.14. The van der Waals surface area contributed by atoms with E-state index in [0.29, 0.717) is 12.1 Å². The minimum Gasteiger partial charge on any atom is -0.380 e. The van der Waals surface area contributed by atoms with Gasteiger partial charge in [-0.05, 0) is 25.7 Å². The lowest BCUT2D eigenvalue weighted by Gasteiger charge is -2.38. The maximum atomic E-state index is 5.73. The van der Waals surface area contributed by atoms with E-state index in [0.717, 1.165) is 32.2 Å². The molecule has 1 saturated heterocycles. The highest BCUT2D eigenvalue weighted by Crippen LogP contribution is 2.10. The maximum absolute atomic E-state index is 5.73. The molecule has 0 bridgehead atoms. The zero-order valence-electron chi connectivity index (χ0n) is 12.7. The first-order chi connectivity index (χ1) is 8.63. The molecule has 1 aliphatic rings. The molecule has 2 unspecified atom stereocenters. The lowest BCUT2D eigenvalue weighted by atomic mass is 10.1. The summed E-state index contributed by atoms with van der Waals surface area (Å²) in [6.07, 6.45) is 3.73. The monoisotopic (exact) mass is 256 g/mol. The smallest absolute Gasteiger partial charge is 0.0593 e. The van der Waals surface area contributed by atoms with Gasteiger partial charge in [0, 0.05) is 38.3 Å². The maximum Gasteiger partial charge on any atom is 0.0593 e. The van der Waals surface area contributed by atoms with Gasteiger partial charge in [-0.15, -0.1) is 0 Å². The average Bonchev–Trinajstić information content (AvgIpc) is 2.32. The number of hydrogen-bond donors (Lipinski definition) is 1. The molecule has 1 heterocycles. The molecule has 0 saturated carbocycles. The number of hydrogen-bond acceptors (Lipinski definition) is 3. The van der Waals surface area contributed by atoms with E-state index in [2.05, 4.69) is 37.9 Å². The Bertz CT molecular complexity index is 209. The van der Waals surface area contributed by atoms with Crippen molar-refractivity contribution in [2.45, 2.75) is 59.0 Å². The molecular formula is C15H32N2O. The van der Waals surface area contributed by atoms with Crippen LogP contribution in [-0.2, 0) is 4.74 Å². The normalized spacial score (nSPS) is 25.8. The largest absolute Gasteiger partial charge is 0.380 e. The van der Waals surface area contributed by atoms with E-state index in [1.165, 1.54) is 25.8 Å². The molecular weight excluding hydrogens is 224 g/mol. The molecule has 0 amide bonds. The van der Waals surface area contributed by atoms with Crippen LogP contribution in [0, 0.1) is 5.92 Å². The molecule has 2 atom stereocenters. The zero-order valence-corrected chi connectivity index (χ0v) is 12.7. The van der Waals surface area contributed by atoms with E-state index in [4.69, 9.17) is 4.74 Å². The third-order valence-corrected chi connectivity index (χ3v) is 3.78. The lowest BCUT2D eigenvalue weighted by molar-refractivity contribution is 0.0649. The molecule has 3 heteroatoms. The Labute approximate surface area is 113 Å².